The molecule has 0 aromatic heterocycles. The number of hydrogen-bond acceptors (Lipinski definition) is 4. The third-order valence-corrected chi connectivity index (χ3v) is 4.85. The summed E-state index contributed by atoms with van der Waals surface area (Å²) in [6.45, 7) is 1.89. The highest BCUT2D eigenvalue weighted by atomic mass is 32.2. The molecule has 0 radical (unpaired) electrons. The summed E-state index contributed by atoms with van der Waals surface area (Å²) in [5.41, 5.74) is 0.435. The summed E-state index contributed by atoms with van der Waals surface area (Å²) >= 11 is 1.22. The summed E-state index contributed by atoms with van der Waals surface area (Å²) in [5, 5.41) is 9.30. The minimum atomic E-state index is -0.453. The minimum absolute atomic E-state index is 0.0342. The molecule has 1 aliphatic rings. The van der Waals surface area contributed by atoms with Crippen LogP contribution in [0.15, 0.2) is 24.3 Å². The van der Waals surface area contributed by atoms with Crippen molar-refractivity contribution < 1.29 is 19.1 Å². The molecule has 22 heavy (non-hydrogen) atoms. The summed E-state index contributed by atoms with van der Waals surface area (Å²) in [6.07, 6.45) is 0.676. The molecule has 1 aliphatic heterocycles. The van der Waals surface area contributed by atoms with Gasteiger partial charge in [-0.25, -0.2) is 4.39 Å². The predicted molar refractivity (Wildman–Crippen MR) is 83.8 cm³/mol. The van der Waals surface area contributed by atoms with E-state index in [1.165, 1.54) is 24.8 Å². The lowest BCUT2D eigenvalue weighted by Crippen LogP contribution is -2.31. The van der Waals surface area contributed by atoms with Gasteiger partial charge in [0.1, 0.15) is 5.82 Å². The van der Waals surface area contributed by atoms with Gasteiger partial charge in [0.25, 0.3) is 0 Å². The first-order valence-electron chi connectivity index (χ1n) is 7.31. The number of carbonyl (C=O) groups is 2. The maximum atomic E-state index is 14.0. The first-order chi connectivity index (χ1) is 10.5. The number of hydrogen-bond donors (Lipinski definition) is 1. The number of rotatable bonds is 6. The first-order valence-corrected chi connectivity index (χ1v) is 8.29. The molecule has 1 aromatic carbocycles. The summed E-state index contributed by atoms with van der Waals surface area (Å²) < 4.78 is 14.0. The van der Waals surface area contributed by atoms with Crippen molar-refractivity contribution in [3.8, 4) is 0 Å². The third kappa shape index (κ3) is 4.08. The Bertz CT molecular complexity index is 552. The largest absolute Gasteiger partial charge is 0.396 e. The minimum Gasteiger partial charge on any atom is -0.396 e. The van der Waals surface area contributed by atoms with Gasteiger partial charge in [0.2, 0.25) is 5.91 Å². The molecule has 1 N–H and O–H groups in total. The third-order valence-electron chi connectivity index (χ3n) is 3.80. The lowest BCUT2D eigenvalue weighted by molar-refractivity contribution is -0.130. The highest BCUT2D eigenvalue weighted by Crippen LogP contribution is 2.33. The number of carbonyl (C=O) groups excluding carboxylic acids is 2. The van der Waals surface area contributed by atoms with E-state index < -0.39 is 6.04 Å². The topological polar surface area (TPSA) is 57.6 Å². The van der Waals surface area contributed by atoms with E-state index in [0.717, 1.165) is 0 Å². The van der Waals surface area contributed by atoms with Gasteiger partial charge in [-0.3, -0.25) is 9.59 Å². The van der Waals surface area contributed by atoms with Crippen LogP contribution in [0.1, 0.15) is 31.4 Å². The van der Waals surface area contributed by atoms with Crippen molar-refractivity contribution in [2.24, 2.45) is 5.92 Å². The quantitative estimate of drug-likeness (QED) is 0.872. The van der Waals surface area contributed by atoms with Crippen molar-refractivity contribution in [2.75, 3.05) is 18.9 Å². The van der Waals surface area contributed by atoms with Crippen LogP contribution in [0.25, 0.3) is 0 Å². The lowest BCUT2D eigenvalue weighted by atomic mass is 10.0. The monoisotopic (exact) mass is 325 g/mol. The molecule has 1 heterocycles. The Morgan fingerprint density at radius 2 is 2.23 bits per heavy atom. The molecule has 0 saturated carbocycles. The molecular formula is C16H20FNO3S. The Morgan fingerprint density at radius 1 is 1.50 bits per heavy atom. The molecule has 0 bridgehead atoms. The maximum absolute atomic E-state index is 14.0. The van der Waals surface area contributed by atoms with E-state index in [9.17, 15) is 19.1 Å². The lowest BCUT2D eigenvalue weighted by Gasteiger charge is -2.28. The van der Waals surface area contributed by atoms with Gasteiger partial charge >= 0.3 is 0 Å². The fourth-order valence-corrected chi connectivity index (χ4v) is 3.50. The highest BCUT2D eigenvalue weighted by Gasteiger charge is 2.35. The summed E-state index contributed by atoms with van der Waals surface area (Å²) in [6, 6.07) is 5.90. The smallest absolute Gasteiger partial charge is 0.223 e. The van der Waals surface area contributed by atoms with Gasteiger partial charge in [-0.05, 0) is 18.4 Å². The Hall–Kier alpha value is -1.40. The van der Waals surface area contributed by atoms with E-state index in [2.05, 4.69) is 0 Å². The van der Waals surface area contributed by atoms with E-state index in [4.69, 9.17) is 0 Å². The van der Waals surface area contributed by atoms with Crippen LogP contribution in [0.3, 0.4) is 0 Å². The number of benzene rings is 1. The molecule has 120 valence electrons. The van der Waals surface area contributed by atoms with Gasteiger partial charge in [-0.1, -0.05) is 30.0 Å². The van der Waals surface area contributed by atoms with Crippen LogP contribution in [0, 0.1) is 11.7 Å². The molecule has 1 aromatic rings. The van der Waals surface area contributed by atoms with Gasteiger partial charge in [-0.2, -0.15) is 0 Å². The van der Waals surface area contributed by atoms with Crippen molar-refractivity contribution in [1.82, 2.24) is 4.90 Å². The van der Waals surface area contributed by atoms with E-state index in [-0.39, 0.29) is 29.4 Å². The Balaban J connectivity index is 2.14. The fourth-order valence-electron chi connectivity index (χ4n) is 2.80. The van der Waals surface area contributed by atoms with Crippen molar-refractivity contribution in [1.29, 1.82) is 0 Å². The second-order valence-corrected chi connectivity index (χ2v) is 6.67. The van der Waals surface area contributed by atoms with Gasteiger partial charge in [0.05, 0.1) is 6.04 Å². The second kappa shape index (κ2) is 7.74. The molecule has 0 aliphatic carbocycles. The predicted octanol–water partition coefficient (Wildman–Crippen LogP) is 2.38. The van der Waals surface area contributed by atoms with Gasteiger partial charge in [0.15, 0.2) is 5.12 Å². The van der Waals surface area contributed by atoms with Crippen LogP contribution in [0.5, 0.6) is 0 Å². The number of likely N-dealkylation sites (tertiary alicyclic amines) is 1. The first kappa shape index (κ1) is 17.0. The standard InChI is InChI=1S/C16H20FNO3S/c1-11(20)22-10-12-8-16(21)18(9-12)15(6-7-19)13-4-2-3-5-14(13)17/h2-5,12,15,19H,6-10H2,1H3. The Labute approximate surface area is 133 Å². The number of halogens is 1. The SMILES string of the molecule is CC(=O)SCC1CC(=O)N(C(CCO)c2ccccc2F)C1. The van der Waals surface area contributed by atoms with Crippen molar-refractivity contribution in [3.05, 3.63) is 35.6 Å². The molecule has 1 fully saturated rings. The van der Waals surface area contributed by atoms with E-state index in [1.807, 2.05) is 0 Å². The van der Waals surface area contributed by atoms with Gasteiger partial charge < -0.3 is 10.0 Å². The van der Waals surface area contributed by atoms with Gasteiger partial charge in [-0.15, -0.1) is 0 Å². The number of amides is 1. The average Bonchev–Trinajstić information content (AvgIpc) is 2.84. The van der Waals surface area contributed by atoms with Crippen LogP contribution < -0.4 is 0 Å². The van der Waals surface area contributed by atoms with Crippen molar-refractivity contribution >= 4 is 22.8 Å². The summed E-state index contributed by atoms with van der Waals surface area (Å²) in [4.78, 5) is 24.9. The summed E-state index contributed by atoms with van der Waals surface area (Å²) in [7, 11) is 0. The zero-order valence-electron chi connectivity index (χ0n) is 12.5. The molecule has 1 saturated heterocycles. The van der Waals surface area contributed by atoms with Crippen LogP contribution in [-0.2, 0) is 9.59 Å². The molecule has 6 heteroatoms. The van der Waals surface area contributed by atoms with E-state index in [0.29, 0.717) is 30.7 Å². The van der Waals surface area contributed by atoms with Crippen LogP contribution in [0.4, 0.5) is 4.39 Å². The van der Waals surface area contributed by atoms with E-state index in [1.54, 1.807) is 23.1 Å². The molecular weight excluding hydrogens is 305 g/mol. The van der Waals surface area contributed by atoms with Crippen molar-refractivity contribution in [3.63, 3.8) is 0 Å². The molecule has 2 rings (SSSR count). The maximum Gasteiger partial charge on any atom is 0.223 e. The van der Waals surface area contributed by atoms with Crippen LogP contribution in [-0.4, -0.2) is 39.9 Å². The number of thioether (sulfide) groups is 1. The fraction of sp³-hybridized carbons (Fsp3) is 0.500. The zero-order chi connectivity index (χ0) is 16.1. The van der Waals surface area contributed by atoms with Crippen LogP contribution in [0.2, 0.25) is 0 Å². The van der Waals surface area contributed by atoms with Crippen LogP contribution >= 0.6 is 11.8 Å². The number of nitrogens with zero attached hydrogens (tertiary/aromatic N) is 1. The summed E-state index contributed by atoms with van der Waals surface area (Å²) in [5.74, 6) is 0.279. The molecule has 0 spiro atoms. The van der Waals surface area contributed by atoms with E-state index >= 15 is 0 Å². The molecule has 1 amide bonds. The number of aliphatic hydroxyl groups excluding tert-OH is 1. The van der Waals surface area contributed by atoms with Gasteiger partial charge in [0, 0.05) is 37.8 Å². The molecule has 2 atom stereocenters. The normalized spacial score (nSPS) is 19.5. The number of aliphatic hydroxyl groups is 1. The highest BCUT2D eigenvalue weighted by molar-refractivity contribution is 8.13. The van der Waals surface area contributed by atoms with Crippen molar-refractivity contribution in [2.45, 2.75) is 25.8 Å². The molecule has 2 unspecified atom stereocenters. The zero-order valence-corrected chi connectivity index (χ0v) is 13.3. The Morgan fingerprint density at radius 3 is 2.86 bits per heavy atom. The second-order valence-electron chi connectivity index (χ2n) is 5.47. The average molecular weight is 325 g/mol. The molecule has 4 nitrogen and oxygen atoms in total. The Kier molecular flexibility index (Phi) is 5.97.